The number of hydrogen-bond donors (Lipinski definition) is 1. The molecule has 1 saturated heterocycles. The SMILES string of the molecule is CC(C)C(=O)N1CC[C@H](c2cc(COc3ccc(F)cc3)[nH]n2)C1. The van der Waals surface area contributed by atoms with E-state index in [4.69, 9.17) is 4.74 Å². The molecule has 128 valence electrons. The zero-order valence-electron chi connectivity index (χ0n) is 14.0. The van der Waals surface area contributed by atoms with Crippen LogP contribution in [0.2, 0.25) is 0 Å². The Hall–Kier alpha value is -2.37. The van der Waals surface area contributed by atoms with Crippen LogP contribution in [0, 0.1) is 11.7 Å². The molecule has 1 N–H and O–H groups in total. The van der Waals surface area contributed by atoms with Gasteiger partial charge in [0.05, 0.1) is 11.4 Å². The summed E-state index contributed by atoms with van der Waals surface area (Å²) in [7, 11) is 0. The van der Waals surface area contributed by atoms with Gasteiger partial charge in [-0.3, -0.25) is 9.89 Å². The van der Waals surface area contributed by atoms with Crippen molar-refractivity contribution < 1.29 is 13.9 Å². The lowest BCUT2D eigenvalue weighted by atomic mass is 10.1. The Labute approximate surface area is 140 Å². The van der Waals surface area contributed by atoms with Gasteiger partial charge in [-0.1, -0.05) is 13.8 Å². The number of H-pyrrole nitrogens is 1. The van der Waals surface area contributed by atoms with Gasteiger partial charge in [0, 0.05) is 24.9 Å². The van der Waals surface area contributed by atoms with E-state index in [1.165, 1.54) is 12.1 Å². The number of amides is 1. The monoisotopic (exact) mass is 331 g/mol. The smallest absolute Gasteiger partial charge is 0.225 e. The number of carbonyl (C=O) groups excluding carboxylic acids is 1. The third kappa shape index (κ3) is 3.75. The quantitative estimate of drug-likeness (QED) is 0.916. The van der Waals surface area contributed by atoms with E-state index in [0.717, 1.165) is 30.9 Å². The molecule has 24 heavy (non-hydrogen) atoms. The molecule has 1 atom stereocenters. The van der Waals surface area contributed by atoms with Crippen LogP contribution in [0.15, 0.2) is 30.3 Å². The van der Waals surface area contributed by atoms with Crippen molar-refractivity contribution in [2.24, 2.45) is 5.92 Å². The van der Waals surface area contributed by atoms with E-state index in [2.05, 4.69) is 10.2 Å². The average molecular weight is 331 g/mol. The number of nitrogens with zero attached hydrogens (tertiary/aromatic N) is 2. The van der Waals surface area contributed by atoms with E-state index in [1.54, 1.807) is 12.1 Å². The van der Waals surface area contributed by atoms with Crippen LogP contribution in [0.4, 0.5) is 4.39 Å². The number of rotatable bonds is 5. The van der Waals surface area contributed by atoms with Gasteiger partial charge in [-0.25, -0.2) is 4.39 Å². The van der Waals surface area contributed by atoms with E-state index in [0.29, 0.717) is 12.4 Å². The molecule has 1 aliphatic heterocycles. The van der Waals surface area contributed by atoms with Crippen molar-refractivity contribution in [3.63, 3.8) is 0 Å². The van der Waals surface area contributed by atoms with Crippen LogP contribution in [0.25, 0.3) is 0 Å². The van der Waals surface area contributed by atoms with E-state index in [1.807, 2.05) is 24.8 Å². The Morgan fingerprint density at radius 3 is 2.88 bits per heavy atom. The summed E-state index contributed by atoms with van der Waals surface area (Å²) >= 11 is 0. The van der Waals surface area contributed by atoms with Crippen LogP contribution in [0.3, 0.4) is 0 Å². The fourth-order valence-corrected chi connectivity index (χ4v) is 2.92. The van der Waals surface area contributed by atoms with Gasteiger partial charge in [-0.15, -0.1) is 0 Å². The van der Waals surface area contributed by atoms with Crippen LogP contribution in [0.1, 0.15) is 37.6 Å². The van der Waals surface area contributed by atoms with E-state index >= 15 is 0 Å². The number of ether oxygens (including phenoxy) is 1. The second kappa shape index (κ2) is 7.03. The summed E-state index contributed by atoms with van der Waals surface area (Å²) < 4.78 is 18.5. The Morgan fingerprint density at radius 2 is 2.17 bits per heavy atom. The Balaban J connectivity index is 1.56. The molecule has 3 rings (SSSR count). The molecule has 0 bridgehead atoms. The molecule has 1 aromatic carbocycles. The van der Waals surface area contributed by atoms with Crippen molar-refractivity contribution in [1.29, 1.82) is 0 Å². The van der Waals surface area contributed by atoms with E-state index in [9.17, 15) is 9.18 Å². The van der Waals surface area contributed by atoms with Crippen molar-refractivity contribution in [3.05, 3.63) is 47.5 Å². The van der Waals surface area contributed by atoms with Gasteiger partial charge < -0.3 is 9.64 Å². The van der Waals surface area contributed by atoms with Gasteiger partial charge >= 0.3 is 0 Å². The fraction of sp³-hybridized carbons (Fsp3) is 0.444. The maximum Gasteiger partial charge on any atom is 0.225 e. The minimum absolute atomic E-state index is 0.0302. The third-order valence-electron chi connectivity index (χ3n) is 4.27. The molecular weight excluding hydrogens is 309 g/mol. The maximum atomic E-state index is 12.9. The summed E-state index contributed by atoms with van der Waals surface area (Å²) in [5.74, 6) is 0.828. The first kappa shape index (κ1) is 16.5. The summed E-state index contributed by atoms with van der Waals surface area (Å²) in [6.07, 6.45) is 0.932. The summed E-state index contributed by atoms with van der Waals surface area (Å²) in [5.41, 5.74) is 1.83. The third-order valence-corrected chi connectivity index (χ3v) is 4.27. The zero-order valence-corrected chi connectivity index (χ0v) is 14.0. The number of aromatic nitrogens is 2. The standard InChI is InChI=1S/C18H22FN3O2/c1-12(2)18(23)22-8-7-13(10-22)17-9-15(20-21-17)11-24-16-5-3-14(19)4-6-16/h3-6,9,12-13H,7-8,10-11H2,1-2H3,(H,20,21)/t13-/m0/s1. The highest BCUT2D eigenvalue weighted by Crippen LogP contribution is 2.27. The molecule has 0 spiro atoms. The largest absolute Gasteiger partial charge is 0.487 e. The number of nitrogens with one attached hydrogen (secondary N) is 1. The van der Waals surface area contributed by atoms with Crippen molar-refractivity contribution in [1.82, 2.24) is 15.1 Å². The van der Waals surface area contributed by atoms with Gasteiger partial charge in [0.1, 0.15) is 18.2 Å². The van der Waals surface area contributed by atoms with Crippen LogP contribution in [0.5, 0.6) is 5.75 Å². The number of aromatic amines is 1. The van der Waals surface area contributed by atoms with Crippen molar-refractivity contribution in [2.75, 3.05) is 13.1 Å². The highest BCUT2D eigenvalue weighted by molar-refractivity contribution is 5.78. The number of likely N-dealkylation sites (tertiary alicyclic amines) is 1. The molecule has 1 amide bonds. The minimum Gasteiger partial charge on any atom is -0.487 e. The lowest BCUT2D eigenvalue weighted by Gasteiger charge is -2.18. The predicted molar refractivity (Wildman–Crippen MR) is 88.1 cm³/mol. The first-order valence-corrected chi connectivity index (χ1v) is 8.24. The molecule has 0 radical (unpaired) electrons. The van der Waals surface area contributed by atoms with E-state index < -0.39 is 0 Å². The summed E-state index contributed by atoms with van der Waals surface area (Å²) in [4.78, 5) is 14.0. The number of halogens is 1. The first-order chi connectivity index (χ1) is 11.5. The minimum atomic E-state index is -0.284. The fourth-order valence-electron chi connectivity index (χ4n) is 2.92. The lowest BCUT2D eigenvalue weighted by molar-refractivity contribution is -0.133. The Bertz CT molecular complexity index is 697. The molecule has 0 unspecified atom stereocenters. The number of carbonyl (C=O) groups is 1. The van der Waals surface area contributed by atoms with Crippen LogP contribution >= 0.6 is 0 Å². The molecule has 2 aromatic rings. The summed E-state index contributed by atoms with van der Waals surface area (Å²) in [5, 5.41) is 7.34. The molecule has 2 heterocycles. The number of benzene rings is 1. The van der Waals surface area contributed by atoms with Crippen LogP contribution in [-0.4, -0.2) is 34.1 Å². The second-order valence-corrected chi connectivity index (χ2v) is 6.49. The molecule has 1 aliphatic rings. The average Bonchev–Trinajstić information content (AvgIpc) is 3.22. The normalized spacial score (nSPS) is 17.5. The molecule has 6 heteroatoms. The van der Waals surface area contributed by atoms with Gasteiger partial charge in [0.15, 0.2) is 0 Å². The molecular formula is C18H22FN3O2. The van der Waals surface area contributed by atoms with Crippen LogP contribution < -0.4 is 4.74 Å². The number of hydrogen-bond acceptors (Lipinski definition) is 3. The van der Waals surface area contributed by atoms with Gasteiger partial charge in [-0.2, -0.15) is 5.10 Å². The second-order valence-electron chi connectivity index (χ2n) is 6.49. The molecule has 5 nitrogen and oxygen atoms in total. The predicted octanol–water partition coefficient (Wildman–Crippen LogP) is 3.10. The van der Waals surface area contributed by atoms with Crippen molar-refractivity contribution in [2.45, 2.75) is 32.8 Å². The zero-order chi connectivity index (χ0) is 17.1. The molecule has 0 aliphatic carbocycles. The van der Waals surface area contributed by atoms with E-state index in [-0.39, 0.29) is 23.6 Å². The Kier molecular flexibility index (Phi) is 4.83. The molecule has 1 fully saturated rings. The van der Waals surface area contributed by atoms with Gasteiger partial charge in [0.2, 0.25) is 5.91 Å². The van der Waals surface area contributed by atoms with Crippen LogP contribution in [-0.2, 0) is 11.4 Å². The van der Waals surface area contributed by atoms with Gasteiger partial charge in [0.25, 0.3) is 0 Å². The topological polar surface area (TPSA) is 58.2 Å². The summed E-state index contributed by atoms with van der Waals surface area (Å²) in [6, 6.07) is 7.91. The maximum absolute atomic E-state index is 12.9. The highest BCUT2D eigenvalue weighted by atomic mass is 19.1. The first-order valence-electron chi connectivity index (χ1n) is 8.24. The highest BCUT2D eigenvalue weighted by Gasteiger charge is 2.29. The Morgan fingerprint density at radius 1 is 1.42 bits per heavy atom. The lowest BCUT2D eigenvalue weighted by Crippen LogP contribution is -2.31. The summed E-state index contributed by atoms with van der Waals surface area (Å²) in [6.45, 7) is 5.71. The van der Waals surface area contributed by atoms with Gasteiger partial charge in [-0.05, 0) is 36.8 Å². The molecule has 1 aromatic heterocycles. The van der Waals surface area contributed by atoms with Crippen molar-refractivity contribution >= 4 is 5.91 Å². The molecule has 0 saturated carbocycles. The van der Waals surface area contributed by atoms with Crippen molar-refractivity contribution in [3.8, 4) is 5.75 Å².